The standard InChI is InChI=1S/C13H23NOS/c1-4-6-9-16-13(11(14)5-2)12-8-7-10(3)15-12/h7-8,11,13H,4-6,9,14H2,1-3H3. The van der Waals surface area contributed by atoms with Gasteiger partial charge in [-0.2, -0.15) is 0 Å². The Balaban J connectivity index is 2.63. The van der Waals surface area contributed by atoms with E-state index in [9.17, 15) is 0 Å². The minimum Gasteiger partial charge on any atom is -0.465 e. The molecule has 0 aliphatic heterocycles. The number of thioether (sulfide) groups is 1. The number of rotatable bonds is 7. The smallest absolute Gasteiger partial charge is 0.118 e. The maximum absolute atomic E-state index is 6.16. The Kier molecular flexibility index (Phi) is 5.99. The first-order chi connectivity index (χ1) is 7.69. The second-order valence-corrected chi connectivity index (χ2v) is 5.41. The summed E-state index contributed by atoms with van der Waals surface area (Å²) >= 11 is 1.93. The Labute approximate surface area is 103 Å². The van der Waals surface area contributed by atoms with Crippen molar-refractivity contribution < 1.29 is 4.42 Å². The zero-order chi connectivity index (χ0) is 12.0. The largest absolute Gasteiger partial charge is 0.465 e. The van der Waals surface area contributed by atoms with Gasteiger partial charge in [-0.3, -0.25) is 0 Å². The Morgan fingerprint density at radius 1 is 1.38 bits per heavy atom. The van der Waals surface area contributed by atoms with Gasteiger partial charge in [0.05, 0.1) is 5.25 Å². The summed E-state index contributed by atoms with van der Waals surface area (Å²) in [5.41, 5.74) is 6.16. The Morgan fingerprint density at radius 3 is 2.62 bits per heavy atom. The van der Waals surface area contributed by atoms with Gasteiger partial charge in [0, 0.05) is 6.04 Å². The second kappa shape index (κ2) is 7.02. The highest BCUT2D eigenvalue weighted by Crippen LogP contribution is 2.34. The first kappa shape index (κ1) is 13.7. The maximum Gasteiger partial charge on any atom is 0.118 e. The topological polar surface area (TPSA) is 39.2 Å². The van der Waals surface area contributed by atoms with E-state index >= 15 is 0 Å². The van der Waals surface area contributed by atoms with E-state index in [1.54, 1.807) is 0 Å². The zero-order valence-electron chi connectivity index (χ0n) is 10.5. The average molecular weight is 241 g/mol. The van der Waals surface area contributed by atoms with Gasteiger partial charge in [-0.05, 0) is 37.7 Å². The minimum absolute atomic E-state index is 0.187. The van der Waals surface area contributed by atoms with Crippen LogP contribution < -0.4 is 5.73 Å². The quantitative estimate of drug-likeness (QED) is 0.736. The van der Waals surface area contributed by atoms with Crippen LogP contribution in [0.15, 0.2) is 16.5 Å². The van der Waals surface area contributed by atoms with Gasteiger partial charge in [-0.15, -0.1) is 11.8 Å². The molecular weight excluding hydrogens is 218 g/mol. The molecule has 0 aliphatic rings. The fraction of sp³-hybridized carbons (Fsp3) is 0.692. The molecule has 0 saturated carbocycles. The van der Waals surface area contributed by atoms with Gasteiger partial charge in [-0.1, -0.05) is 20.3 Å². The summed E-state index contributed by atoms with van der Waals surface area (Å²) in [5, 5.41) is 0.310. The molecule has 1 aromatic rings. The third-order valence-corrected chi connectivity index (χ3v) is 4.16. The predicted molar refractivity (Wildman–Crippen MR) is 71.8 cm³/mol. The van der Waals surface area contributed by atoms with Crippen LogP contribution in [-0.2, 0) is 0 Å². The number of unbranched alkanes of at least 4 members (excludes halogenated alkanes) is 1. The molecule has 0 aliphatic carbocycles. The van der Waals surface area contributed by atoms with Crippen LogP contribution in [0.1, 0.15) is 49.9 Å². The fourth-order valence-electron chi connectivity index (χ4n) is 1.59. The van der Waals surface area contributed by atoms with Crippen molar-refractivity contribution in [1.29, 1.82) is 0 Å². The molecular formula is C13H23NOS. The Hall–Kier alpha value is -0.410. The van der Waals surface area contributed by atoms with Crippen molar-refractivity contribution in [2.45, 2.75) is 51.3 Å². The van der Waals surface area contributed by atoms with Crippen molar-refractivity contribution in [3.63, 3.8) is 0 Å². The van der Waals surface area contributed by atoms with Gasteiger partial charge >= 0.3 is 0 Å². The van der Waals surface area contributed by atoms with Gasteiger partial charge in [0.1, 0.15) is 11.5 Å². The summed E-state index contributed by atoms with van der Waals surface area (Å²) < 4.78 is 5.70. The second-order valence-electron chi connectivity index (χ2n) is 4.17. The molecule has 92 valence electrons. The maximum atomic E-state index is 6.16. The number of furan rings is 1. The van der Waals surface area contributed by atoms with E-state index in [1.165, 1.54) is 12.8 Å². The number of nitrogens with two attached hydrogens (primary N) is 1. The van der Waals surface area contributed by atoms with Gasteiger partial charge < -0.3 is 10.2 Å². The molecule has 2 unspecified atom stereocenters. The summed E-state index contributed by atoms with van der Waals surface area (Å²) in [4.78, 5) is 0. The van der Waals surface area contributed by atoms with E-state index in [2.05, 4.69) is 19.9 Å². The third kappa shape index (κ3) is 3.87. The molecule has 0 bridgehead atoms. The summed E-state index contributed by atoms with van der Waals surface area (Å²) in [6, 6.07) is 4.27. The highest BCUT2D eigenvalue weighted by atomic mass is 32.2. The lowest BCUT2D eigenvalue weighted by molar-refractivity contribution is 0.454. The van der Waals surface area contributed by atoms with Crippen molar-refractivity contribution in [2.24, 2.45) is 5.73 Å². The molecule has 1 heterocycles. The lowest BCUT2D eigenvalue weighted by atomic mass is 10.1. The zero-order valence-corrected chi connectivity index (χ0v) is 11.3. The molecule has 0 spiro atoms. The van der Waals surface area contributed by atoms with E-state index in [1.807, 2.05) is 24.8 Å². The van der Waals surface area contributed by atoms with Crippen LogP contribution in [0.2, 0.25) is 0 Å². The lowest BCUT2D eigenvalue weighted by Crippen LogP contribution is -2.25. The van der Waals surface area contributed by atoms with Crippen molar-refractivity contribution >= 4 is 11.8 Å². The van der Waals surface area contributed by atoms with Crippen molar-refractivity contribution in [1.82, 2.24) is 0 Å². The van der Waals surface area contributed by atoms with Crippen LogP contribution in [0.5, 0.6) is 0 Å². The third-order valence-electron chi connectivity index (χ3n) is 2.70. The van der Waals surface area contributed by atoms with Gasteiger partial charge in [0.25, 0.3) is 0 Å². The van der Waals surface area contributed by atoms with Crippen LogP contribution in [0.3, 0.4) is 0 Å². The molecule has 2 N–H and O–H groups in total. The van der Waals surface area contributed by atoms with E-state index in [4.69, 9.17) is 10.2 Å². The molecule has 2 atom stereocenters. The van der Waals surface area contributed by atoms with Gasteiger partial charge in [-0.25, -0.2) is 0 Å². The summed E-state index contributed by atoms with van der Waals surface area (Å²) in [6.45, 7) is 6.33. The molecule has 0 aromatic carbocycles. The van der Waals surface area contributed by atoms with E-state index < -0.39 is 0 Å². The fourth-order valence-corrected chi connectivity index (χ4v) is 3.03. The first-order valence-corrected chi connectivity index (χ1v) is 7.17. The number of hydrogen-bond donors (Lipinski definition) is 1. The van der Waals surface area contributed by atoms with Crippen LogP contribution >= 0.6 is 11.8 Å². The van der Waals surface area contributed by atoms with E-state index in [0.29, 0.717) is 5.25 Å². The van der Waals surface area contributed by atoms with Crippen molar-refractivity contribution in [3.05, 3.63) is 23.7 Å². The van der Waals surface area contributed by atoms with Crippen LogP contribution in [0.4, 0.5) is 0 Å². The molecule has 3 heteroatoms. The normalized spacial score (nSPS) is 15.0. The molecule has 2 nitrogen and oxygen atoms in total. The van der Waals surface area contributed by atoms with Crippen LogP contribution in [0, 0.1) is 6.92 Å². The number of hydrogen-bond acceptors (Lipinski definition) is 3. The predicted octanol–water partition coefficient (Wildman–Crippen LogP) is 3.90. The molecule has 0 fully saturated rings. The van der Waals surface area contributed by atoms with Gasteiger partial charge in [0.15, 0.2) is 0 Å². The van der Waals surface area contributed by atoms with Crippen LogP contribution in [0.25, 0.3) is 0 Å². The first-order valence-electron chi connectivity index (χ1n) is 6.12. The summed E-state index contributed by atoms with van der Waals surface area (Å²) in [6.07, 6.45) is 3.47. The molecule has 0 saturated heterocycles. The molecule has 1 aromatic heterocycles. The number of aryl methyl sites for hydroxylation is 1. The van der Waals surface area contributed by atoms with Crippen molar-refractivity contribution in [2.75, 3.05) is 5.75 Å². The Bertz CT molecular complexity index is 298. The molecule has 16 heavy (non-hydrogen) atoms. The minimum atomic E-state index is 0.187. The highest BCUT2D eigenvalue weighted by molar-refractivity contribution is 7.99. The Morgan fingerprint density at radius 2 is 2.12 bits per heavy atom. The van der Waals surface area contributed by atoms with Gasteiger partial charge in [0.2, 0.25) is 0 Å². The SMILES string of the molecule is CCCCSC(c1ccc(C)o1)C(N)CC. The average Bonchev–Trinajstić information content (AvgIpc) is 2.70. The molecule has 1 rings (SSSR count). The summed E-state index contributed by atoms with van der Waals surface area (Å²) in [7, 11) is 0. The monoisotopic (exact) mass is 241 g/mol. The lowest BCUT2D eigenvalue weighted by Gasteiger charge is -2.20. The summed E-state index contributed by atoms with van der Waals surface area (Å²) in [5.74, 6) is 3.17. The van der Waals surface area contributed by atoms with E-state index in [0.717, 1.165) is 23.7 Å². The van der Waals surface area contributed by atoms with Crippen molar-refractivity contribution in [3.8, 4) is 0 Å². The molecule has 0 radical (unpaired) electrons. The van der Waals surface area contributed by atoms with E-state index in [-0.39, 0.29) is 6.04 Å². The highest BCUT2D eigenvalue weighted by Gasteiger charge is 2.21. The van der Waals surface area contributed by atoms with Crippen LogP contribution in [-0.4, -0.2) is 11.8 Å². The molecule has 0 amide bonds.